The van der Waals surface area contributed by atoms with Crippen LogP contribution < -0.4 is 5.32 Å². The smallest absolute Gasteiger partial charge is 0.160 e. The maximum atomic E-state index is 5.76. The van der Waals surface area contributed by atoms with Crippen LogP contribution in [0.5, 0.6) is 0 Å². The predicted molar refractivity (Wildman–Crippen MR) is 76.3 cm³/mol. The molecule has 1 fully saturated rings. The van der Waals surface area contributed by atoms with Gasteiger partial charge >= 0.3 is 0 Å². The lowest BCUT2D eigenvalue weighted by atomic mass is 10.1. The molecular weight excluding hydrogens is 246 g/mol. The summed E-state index contributed by atoms with van der Waals surface area (Å²) in [6.07, 6.45) is 0.0415. The Kier molecular flexibility index (Phi) is 4.83. The molecule has 0 aromatic carbocycles. The molecule has 0 aliphatic carbocycles. The fourth-order valence-corrected chi connectivity index (χ4v) is 2.67. The van der Waals surface area contributed by atoms with E-state index in [1.54, 1.807) is 0 Å². The summed E-state index contributed by atoms with van der Waals surface area (Å²) in [6, 6.07) is 2.04. The van der Waals surface area contributed by atoms with Gasteiger partial charge in [0, 0.05) is 29.8 Å². The number of hydrogen-bond donors (Lipinski definition) is 1. The van der Waals surface area contributed by atoms with Crippen LogP contribution in [0.2, 0.25) is 0 Å². The highest BCUT2D eigenvalue weighted by Gasteiger charge is 2.21. The topological polar surface area (TPSA) is 47.0 Å². The molecule has 1 unspecified atom stereocenters. The van der Waals surface area contributed by atoms with Crippen molar-refractivity contribution in [1.29, 1.82) is 0 Å². The van der Waals surface area contributed by atoms with Crippen LogP contribution in [0.25, 0.3) is 0 Å². The number of aromatic nitrogens is 2. The van der Waals surface area contributed by atoms with E-state index in [0.29, 0.717) is 5.92 Å². The zero-order chi connectivity index (χ0) is 13.0. The van der Waals surface area contributed by atoms with Gasteiger partial charge in [-0.3, -0.25) is 0 Å². The number of thioether (sulfide) groups is 1. The molecule has 100 valence electrons. The second kappa shape index (κ2) is 6.38. The summed E-state index contributed by atoms with van der Waals surface area (Å²) in [4.78, 5) is 9.22. The Hall–Kier alpha value is -0.810. The SMILES string of the molecule is CCNc1cc(C(C)C)nc(C2CSCCO2)n1. The first-order valence-electron chi connectivity index (χ1n) is 6.52. The molecule has 18 heavy (non-hydrogen) atoms. The summed E-state index contributed by atoms with van der Waals surface area (Å²) < 4.78 is 5.76. The van der Waals surface area contributed by atoms with Crippen LogP contribution in [0.15, 0.2) is 6.07 Å². The normalized spacial score (nSPS) is 20.1. The van der Waals surface area contributed by atoms with Gasteiger partial charge in [-0.2, -0.15) is 11.8 Å². The number of hydrogen-bond acceptors (Lipinski definition) is 5. The van der Waals surface area contributed by atoms with Gasteiger partial charge in [-0.25, -0.2) is 9.97 Å². The monoisotopic (exact) mass is 267 g/mol. The van der Waals surface area contributed by atoms with Crippen molar-refractivity contribution in [1.82, 2.24) is 9.97 Å². The van der Waals surface area contributed by atoms with E-state index in [-0.39, 0.29) is 6.10 Å². The third-order valence-electron chi connectivity index (χ3n) is 2.82. The van der Waals surface area contributed by atoms with Crippen LogP contribution in [-0.2, 0) is 4.74 Å². The number of nitrogens with zero attached hydrogens (tertiary/aromatic N) is 2. The Morgan fingerprint density at radius 1 is 1.50 bits per heavy atom. The van der Waals surface area contributed by atoms with E-state index in [9.17, 15) is 0 Å². The zero-order valence-corrected chi connectivity index (χ0v) is 12.1. The van der Waals surface area contributed by atoms with Crippen molar-refractivity contribution in [2.45, 2.75) is 32.8 Å². The van der Waals surface area contributed by atoms with Gasteiger partial charge in [0.1, 0.15) is 11.9 Å². The maximum Gasteiger partial charge on any atom is 0.160 e. The molecule has 1 N–H and O–H groups in total. The minimum absolute atomic E-state index is 0.0415. The van der Waals surface area contributed by atoms with Gasteiger partial charge in [0.25, 0.3) is 0 Å². The van der Waals surface area contributed by atoms with Crippen LogP contribution in [0.1, 0.15) is 44.3 Å². The van der Waals surface area contributed by atoms with Crippen molar-refractivity contribution in [3.05, 3.63) is 17.6 Å². The van der Waals surface area contributed by atoms with Gasteiger partial charge in [-0.1, -0.05) is 13.8 Å². The molecule has 2 rings (SSSR count). The number of nitrogens with one attached hydrogen (secondary N) is 1. The van der Waals surface area contributed by atoms with Crippen LogP contribution in [0.4, 0.5) is 5.82 Å². The zero-order valence-electron chi connectivity index (χ0n) is 11.3. The lowest BCUT2D eigenvalue weighted by molar-refractivity contribution is 0.0693. The van der Waals surface area contributed by atoms with Gasteiger partial charge in [0.2, 0.25) is 0 Å². The van der Waals surface area contributed by atoms with E-state index in [4.69, 9.17) is 4.74 Å². The predicted octanol–water partition coefficient (Wildman–Crippen LogP) is 2.84. The summed E-state index contributed by atoms with van der Waals surface area (Å²) in [6.45, 7) is 8.04. The summed E-state index contributed by atoms with van der Waals surface area (Å²) >= 11 is 1.91. The highest BCUT2D eigenvalue weighted by atomic mass is 32.2. The Morgan fingerprint density at radius 3 is 2.94 bits per heavy atom. The lowest BCUT2D eigenvalue weighted by Gasteiger charge is -2.22. The van der Waals surface area contributed by atoms with Gasteiger partial charge in [0.05, 0.1) is 6.61 Å². The fourth-order valence-electron chi connectivity index (χ4n) is 1.83. The molecule has 0 amide bonds. The first-order chi connectivity index (χ1) is 8.70. The molecule has 1 saturated heterocycles. The molecule has 0 saturated carbocycles. The van der Waals surface area contributed by atoms with Crippen LogP contribution in [-0.4, -0.2) is 34.6 Å². The largest absolute Gasteiger partial charge is 0.370 e. The Labute approximate surface area is 113 Å². The van der Waals surface area contributed by atoms with Gasteiger partial charge in [-0.15, -0.1) is 0 Å². The van der Waals surface area contributed by atoms with E-state index in [0.717, 1.165) is 42.0 Å². The van der Waals surface area contributed by atoms with E-state index in [2.05, 4.69) is 36.1 Å². The molecule has 4 nitrogen and oxygen atoms in total. The fraction of sp³-hybridized carbons (Fsp3) is 0.692. The van der Waals surface area contributed by atoms with Crippen LogP contribution >= 0.6 is 11.8 Å². The van der Waals surface area contributed by atoms with Crippen molar-refractivity contribution in [3.63, 3.8) is 0 Å². The molecule has 2 heterocycles. The molecular formula is C13H21N3OS. The van der Waals surface area contributed by atoms with Crippen molar-refractivity contribution < 1.29 is 4.74 Å². The third kappa shape index (κ3) is 3.36. The molecule has 1 aromatic heterocycles. The standard InChI is InChI=1S/C13H21N3OS/c1-4-14-12-7-10(9(2)3)15-13(16-12)11-8-18-6-5-17-11/h7,9,11H,4-6,8H2,1-3H3,(H,14,15,16). The van der Waals surface area contributed by atoms with Gasteiger partial charge in [-0.05, 0) is 12.8 Å². The lowest BCUT2D eigenvalue weighted by Crippen LogP contribution is -2.19. The molecule has 1 aliphatic heterocycles. The van der Waals surface area contributed by atoms with E-state index in [1.807, 2.05) is 17.8 Å². The highest BCUT2D eigenvalue weighted by Crippen LogP contribution is 2.26. The number of rotatable bonds is 4. The molecule has 1 atom stereocenters. The number of ether oxygens (including phenoxy) is 1. The van der Waals surface area contributed by atoms with Crippen molar-refractivity contribution >= 4 is 17.6 Å². The van der Waals surface area contributed by atoms with Crippen molar-refractivity contribution in [2.24, 2.45) is 0 Å². The minimum atomic E-state index is 0.0415. The molecule has 0 radical (unpaired) electrons. The Morgan fingerprint density at radius 2 is 2.33 bits per heavy atom. The van der Waals surface area contributed by atoms with Crippen LogP contribution in [0.3, 0.4) is 0 Å². The highest BCUT2D eigenvalue weighted by molar-refractivity contribution is 7.99. The average molecular weight is 267 g/mol. The second-order valence-electron chi connectivity index (χ2n) is 4.66. The second-order valence-corrected chi connectivity index (χ2v) is 5.81. The average Bonchev–Trinajstić information content (AvgIpc) is 2.40. The summed E-state index contributed by atoms with van der Waals surface area (Å²) in [5, 5.41) is 3.27. The summed E-state index contributed by atoms with van der Waals surface area (Å²) in [7, 11) is 0. The molecule has 1 aliphatic rings. The summed E-state index contributed by atoms with van der Waals surface area (Å²) in [5.41, 5.74) is 1.08. The Bertz CT molecular complexity index is 392. The quantitative estimate of drug-likeness (QED) is 0.909. The number of anilines is 1. The van der Waals surface area contributed by atoms with E-state index < -0.39 is 0 Å². The first-order valence-corrected chi connectivity index (χ1v) is 7.68. The minimum Gasteiger partial charge on any atom is -0.370 e. The maximum absolute atomic E-state index is 5.76. The molecule has 5 heteroatoms. The van der Waals surface area contributed by atoms with E-state index in [1.165, 1.54) is 0 Å². The molecule has 1 aromatic rings. The van der Waals surface area contributed by atoms with Crippen LogP contribution in [0, 0.1) is 0 Å². The summed E-state index contributed by atoms with van der Waals surface area (Å²) in [5.74, 6) is 4.16. The molecule has 0 spiro atoms. The van der Waals surface area contributed by atoms with E-state index >= 15 is 0 Å². The van der Waals surface area contributed by atoms with Crippen molar-refractivity contribution in [2.75, 3.05) is 30.0 Å². The van der Waals surface area contributed by atoms with Crippen molar-refractivity contribution in [3.8, 4) is 0 Å². The Balaban J connectivity index is 2.26. The first kappa shape index (κ1) is 13.6. The van der Waals surface area contributed by atoms with Gasteiger partial charge < -0.3 is 10.1 Å². The van der Waals surface area contributed by atoms with Gasteiger partial charge in [0.15, 0.2) is 5.82 Å². The third-order valence-corrected chi connectivity index (χ3v) is 3.81. The molecule has 0 bridgehead atoms.